The number of sulfonamides is 1. The number of hydrogen-bond acceptors (Lipinski definition) is 4. The van der Waals surface area contributed by atoms with Gasteiger partial charge in [0.1, 0.15) is 5.75 Å². The summed E-state index contributed by atoms with van der Waals surface area (Å²) in [5, 5.41) is 9.30. The Kier molecular flexibility index (Phi) is 2.85. The Morgan fingerprint density at radius 2 is 2.07 bits per heavy atom. The van der Waals surface area contributed by atoms with Gasteiger partial charge < -0.3 is 10.8 Å². The van der Waals surface area contributed by atoms with Crippen LogP contribution in [-0.4, -0.2) is 25.7 Å². The van der Waals surface area contributed by atoms with Crippen LogP contribution in [0.4, 0.5) is 5.69 Å². The molecule has 0 fully saturated rings. The van der Waals surface area contributed by atoms with Crippen molar-refractivity contribution in [2.75, 3.05) is 11.0 Å². The monoisotopic (exact) mass is 230 g/mol. The zero-order valence-corrected chi connectivity index (χ0v) is 8.71. The zero-order chi connectivity index (χ0) is 11.6. The molecule has 0 aliphatic carbocycles. The lowest BCUT2D eigenvalue weighted by Gasteiger charge is -2.07. The van der Waals surface area contributed by atoms with Gasteiger partial charge in [0.05, 0.1) is 11.9 Å². The van der Waals surface area contributed by atoms with E-state index in [-0.39, 0.29) is 17.0 Å². The second kappa shape index (κ2) is 3.77. The lowest BCUT2D eigenvalue weighted by atomic mass is 10.2. The van der Waals surface area contributed by atoms with Crippen LogP contribution in [-0.2, 0) is 10.0 Å². The predicted molar refractivity (Wildman–Crippen MR) is 55.1 cm³/mol. The number of carbonyl (C=O) groups excluding carboxylic acids is 1. The van der Waals surface area contributed by atoms with Crippen LogP contribution >= 0.6 is 0 Å². The maximum absolute atomic E-state index is 10.9. The Balaban J connectivity index is 3.17. The van der Waals surface area contributed by atoms with Crippen LogP contribution in [0.2, 0.25) is 0 Å². The molecule has 0 radical (unpaired) electrons. The van der Waals surface area contributed by atoms with Gasteiger partial charge in [-0.3, -0.25) is 9.52 Å². The van der Waals surface area contributed by atoms with E-state index in [9.17, 15) is 18.3 Å². The Morgan fingerprint density at radius 3 is 2.53 bits per heavy atom. The van der Waals surface area contributed by atoms with E-state index in [1.807, 2.05) is 0 Å². The Hall–Kier alpha value is -1.76. The SMILES string of the molecule is CS(=O)(=O)Nc1cc(C(N)=O)ccc1O. The fourth-order valence-electron chi connectivity index (χ4n) is 0.971. The molecule has 1 rings (SSSR count). The van der Waals surface area contributed by atoms with Gasteiger partial charge in [-0.2, -0.15) is 0 Å². The fourth-order valence-corrected chi connectivity index (χ4v) is 1.53. The van der Waals surface area contributed by atoms with Gasteiger partial charge in [0.25, 0.3) is 0 Å². The summed E-state index contributed by atoms with van der Waals surface area (Å²) in [6.45, 7) is 0. The van der Waals surface area contributed by atoms with E-state index in [0.717, 1.165) is 6.26 Å². The summed E-state index contributed by atoms with van der Waals surface area (Å²) < 4.78 is 23.9. The molecule has 0 saturated heterocycles. The summed E-state index contributed by atoms with van der Waals surface area (Å²) in [6, 6.07) is 3.65. The van der Waals surface area contributed by atoms with Crippen molar-refractivity contribution in [2.45, 2.75) is 0 Å². The molecule has 1 amide bonds. The zero-order valence-electron chi connectivity index (χ0n) is 7.89. The molecule has 0 aliphatic heterocycles. The summed E-state index contributed by atoms with van der Waals surface area (Å²) in [5.74, 6) is -0.975. The number of benzene rings is 1. The first-order valence-corrected chi connectivity index (χ1v) is 5.79. The molecule has 4 N–H and O–H groups in total. The average Bonchev–Trinajstić information content (AvgIpc) is 2.06. The van der Waals surface area contributed by atoms with E-state index < -0.39 is 15.9 Å². The Labute approximate surface area is 86.8 Å². The molecule has 0 aromatic heterocycles. The summed E-state index contributed by atoms with van der Waals surface area (Å²) in [4.78, 5) is 10.8. The molecule has 0 spiro atoms. The van der Waals surface area contributed by atoms with Crippen LogP contribution in [0.3, 0.4) is 0 Å². The first-order valence-electron chi connectivity index (χ1n) is 3.90. The van der Waals surface area contributed by atoms with E-state index >= 15 is 0 Å². The van der Waals surface area contributed by atoms with Gasteiger partial charge in [0.2, 0.25) is 15.9 Å². The molecule has 1 aromatic rings. The van der Waals surface area contributed by atoms with Gasteiger partial charge in [0.15, 0.2) is 0 Å². The van der Waals surface area contributed by atoms with Crippen LogP contribution < -0.4 is 10.5 Å². The van der Waals surface area contributed by atoms with E-state index in [0.29, 0.717) is 0 Å². The highest BCUT2D eigenvalue weighted by Crippen LogP contribution is 2.24. The number of nitrogens with one attached hydrogen (secondary N) is 1. The van der Waals surface area contributed by atoms with Crippen molar-refractivity contribution in [3.63, 3.8) is 0 Å². The van der Waals surface area contributed by atoms with Crippen LogP contribution in [0.25, 0.3) is 0 Å². The van der Waals surface area contributed by atoms with Gasteiger partial charge >= 0.3 is 0 Å². The van der Waals surface area contributed by atoms with Crippen LogP contribution in [0, 0.1) is 0 Å². The predicted octanol–water partition coefficient (Wildman–Crippen LogP) is -0.137. The van der Waals surface area contributed by atoms with Crippen molar-refractivity contribution in [1.82, 2.24) is 0 Å². The molecule has 0 saturated carbocycles. The number of anilines is 1. The van der Waals surface area contributed by atoms with E-state index in [2.05, 4.69) is 4.72 Å². The van der Waals surface area contributed by atoms with Crippen LogP contribution in [0.15, 0.2) is 18.2 Å². The molecule has 1 aromatic carbocycles. The minimum absolute atomic E-state index is 0.0752. The van der Waals surface area contributed by atoms with E-state index in [4.69, 9.17) is 5.73 Å². The normalized spacial score (nSPS) is 11.0. The van der Waals surface area contributed by atoms with Crippen molar-refractivity contribution in [3.05, 3.63) is 23.8 Å². The van der Waals surface area contributed by atoms with Crippen molar-refractivity contribution in [3.8, 4) is 5.75 Å². The molecule has 82 valence electrons. The summed E-state index contributed by atoms with van der Waals surface area (Å²) >= 11 is 0. The largest absolute Gasteiger partial charge is 0.506 e. The van der Waals surface area contributed by atoms with Crippen LogP contribution in [0.5, 0.6) is 5.75 Å². The second-order valence-electron chi connectivity index (χ2n) is 2.97. The van der Waals surface area contributed by atoms with Gasteiger partial charge in [-0.05, 0) is 18.2 Å². The summed E-state index contributed by atoms with van der Waals surface area (Å²) in [5.41, 5.74) is 5.03. The number of rotatable bonds is 3. The number of nitrogens with two attached hydrogens (primary N) is 1. The Morgan fingerprint density at radius 1 is 1.47 bits per heavy atom. The topological polar surface area (TPSA) is 109 Å². The van der Waals surface area contributed by atoms with Crippen molar-refractivity contribution in [2.24, 2.45) is 5.73 Å². The van der Waals surface area contributed by atoms with Gasteiger partial charge in [-0.15, -0.1) is 0 Å². The number of carbonyl (C=O) groups is 1. The minimum atomic E-state index is -3.50. The molecular formula is C8H10N2O4S. The van der Waals surface area contributed by atoms with E-state index in [1.165, 1.54) is 18.2 Å². The molecule has 6 nitrogen and oxygen atoms in total. The van der Waals surface area contributed by atoms with Crippen molar-refractivity contribution < 1.29 is 18.3 Å². The summed E-state index contributed by atoms with van der Waals surface area (Å²) in [7, 11) is -3.50. The lowest BCUT2D eigenvalue weighted by Crippen LogP contribution is -2.13. The minimum Gasteiger partial charge on any atom is -0.506 e. The number of primary amides is 1. The van der Waals surface area contributed by atoms with Gasteiger partial charge in [-0.1, -0.05) is 0 Å². The fraction of sp³-hybridized carbons (Fsp3) is 0.125. The highest BCUT2D eigenvalue weighted by Gasteiger charge is 2.09. The standard InChI is InChI=1S/C8H10N2O4S/c1-15(13,14)10-6-4-5(8(9)12)2-3-7(6)11/h2-4,10-11H,1H3,(H2,9,12). The maximum atomic E-state index is 10.9. The highest BCUT2D eigenvalue weighted by atomic mass is 32.2. The second-order valence-corrected chi connectivity index (χ2v) is 4.72. The smallest absolute Gasteiger partial charge is 0.248 e. The maximum Gasteiger partial charge on any atom is 0.248 e. The number of phenols is 1. The summed E-state index contributed by atoms with van der Waals surface area (Å²) in [6.07, 6.45) is 0.934. The molecule has 0 bridgehead atoms. The quantitative estimate of drug-likeness (QED) is 0.628. The van der Waals surface area contributed by atoms with Crippen molar-refractivity contribution in [1.29, 1.82) is 0 Å². The molecule has 0 atom stereocenters. The third-order valence-corrected chi connectivity index (χ3v) is 2.17. The van der Waals surface area contributed by atoms with Crippen molar-refractivity contribution >= 4 is 21.6 Å². The van der Waals surface area contributed by atoms with E-state index in [1.54, 1.807) is 0 Å². The lowest BCUT2D eigenvalue weighted by molar-refractivity contribution is 0.100. The molecule has 0 unspecified atom stereocenters. The molecular weight excluding hydrogens is 220 g/mol. The number of aromatic hydroxyl groups is 1. The van der Waals surface area contributed by atoms with Gasteiger partial charge in [0, 0.05) is 5.56 Å². The third kappa shape index (κ3) is 3.13. The third-order valence-electron chi connectivity index (χ3n) is 1.58. The van der Waals surface area contributed by atoms with Gasteiger partial charge in [-0.25, -0.2) is 8.42 Å². The number of phenolic OH excluding ortho intramolecular Hbond substituents is 1. The van der Waals surface area contributed by atoms with Crippen LogP contribution in [0.1, 0.15) is 10.4 Å². The number of amides is 1. The molecule has 0 heterocycles. The first-order chi connectivity index (χ1) is 6.79. The molecule has 0 aliphatic rings. The molecule has 7 heteroatoms. The Bertz CT molecular complexity index is 495. The highest BCUT2D eigenvalue weighted by molar-refractivity contribution is 7.92. The first kappa shape index (κ1) is 11.3. The molecule has 15 heavy (non-hydrogen) atoms. The average molecular weight is 230 g/mol. The number of hydrogen-bond donors (Lipinski definition) is 3.